The van der Waals surface area contributed by atoms with Gasteiger partial charge in [0.1, 0.15) is 5.75 Å². The number of hydrogen-bond acceptors (Lipinski definition) is 4. The van der Waals surface area contributed by atoms with Crippen molar-refractivity contribution in [1.82, 2.24) is 5.32 Å². The van der Waals surface area contributed by atoms with Crippen LogP contribution in [0.3, 0.4) is 0 Å². The first-order chi connectivity index (χ1) is 13.4. The summed E-state index contributed by atoms with van der Waals surface area (Å²) in [4.78, 5) is 12.8. The molecule has 28 heavy (non-hydrogen) atoms. The number of benzene rings is 2. The van der Waals surface area contributed by atoms with E-state index < -0.39 is 16.1 Å². The number of rotatable bonds is 6. The molecule has 0 saturated carbocycles. The number of sulfonamides is 1. The number of amides is 1. The molecule has 0 aliphatic carbocycles. The molecule has 1 aliphatic heterocycles. The van der Waals surface area contributed by atoms with Crippen molar-refractivity contribution in [2.24, 2.45) is 0 Å². The van der Waals surface area contributed by atoms with Crippen LogP contribution in [0.25, 0.3) is 0 Å². The van der Waals surface area contributed by atoms with E-state index in [4.69, 9.17) is 16.3 Å². The van der Waals surface area contributed by atoms with Gasteiger partial charge in [0.05, 0.1) is 17.1 Å². The minimum absolute atomic E-state index is 0.0228. The molecule has 2 aromatic rings. The molecule has 0 fully saturated rings. The molecule has 3 rings (SSSR count). The zero-order valence-corrected chi connectivity index (χ0v) is 17.3. The number of fused-ring (bicyclic) bond motifs is 1. The highest BCUT2D eigenvalue weighted by Gasteiger charge is 2.37. The van der Waals surface area contributed by atoms with E-state index in [1.165, 1.54) is 28.6 Å². The van der Waals surface area contributed by atoms with Crippen molar-refractivity contribution in [2.75, 3.05) is 10.8 Å². The smallest absolute Gasteiger partial charge is 0.264 e. The summed E-state index contributed by atoms with van der Waals surface area (Å²) in [6, 6.07) is 12.8. The van der Waals surface area contributed by atoms with Crippen molar-refractivity contribution < 1.29 is 17.9 Å². The van der Waals surface area contributed by atoms with Crippen molar-refractivity contribution in [3.8, 4) is 5.75 Å². The number of nitrogens with one attached hydrogen (secondary N) is 1. The van der Waals surface area contributed by atoms with Crippen LogP contribution >= 0.6 is 11.6 Å². The quantitative estimate of drug-likeness (QED) is 0.771. The molecule has 0 spiro atoms. The first-order valence-electron chi connectivity index (χ1n) is 9.21. The number of nitrogens with zero attached hydrogens (tertiary/aromatic N) is 1. The van der Waals surface area contributed by atoms with E-state index in [9.17, 15) is 13.2 Å². The molecule has 1 atom stereocenters. The van der Waals surface area contributed by atoms with Gasteiger partial charge in [0, 0.05) is 11.1 Å². The summed E-state index contributed by atoms with van der Waals surface area (Å²) in [6.45, 7) is 3.87. The molecule has 1 heterocycles. The highest BCUT2D eigenvalue weighted by molar-refractivity contribution is 7.92. The van der Waals surface area contributed by atoms with Gasteiger partial charge in [-0.1, -0.05) is 37.6 Å². The second-order valence-electron chi connectivity index (χ2n) is 6.59. The third kappa shape index (κ3) is 4.10. The molecule has 0 radical (unpaired) electrons. The molecule has 6 nitrogen and oxygen atoms in total. The zero-order chi connectivity index (χ0) is 20.3. The molecule has 1 unspecified atom stereocenters. The summed E-state index contributed by atoms with van der Waals surface area (Å²) in [7, 11) is -3.88. The lowest BCUT2D eigenvalue weighted by atomic mass is 10.1. The maximum absolute atomic E-state index is 13.3. The average Bonchev–Trinajstić information content (AvgIpc) is 2.71. The van der Waals surface area contributed by atoms with E-state index >= 15 is 0 Å². The maximum Gasteiger partial charge on any atom is 0.264 e. The Morgan fingerprint density at radius 2 is 1.82 bits per heavy atom. The number of halogens is 1. The summed E-state index contributed by atoms with van der Waals surface area (Å²) in [5, 5.41) is 3.38. The molecule has 2 aromatic carbocycles. The van der Waals surface area contributed by atoms with Gasteiger partial charge in [0.25, 0.3) is 15.9 Å². The number of carbonyl (C=O) groups excluding carboxylic acids is 1. The van der Waals surface area contributed by atoms with Crippen molar-refractivity contribution >= 4 is 33.2 Å². The summed E-state index contributed by atoms with van der Waals surface area (Å²) < 4.78 is 33.6. The second kappa shape index (κ2) is 8.41. The van der Waals surface area contributed by atoms with Gasteiger partial charge in [0.2, 0.25) is 0 Å². The van der Waals surface area contributed by atoms with Crippen LogP contribution in [0.15, 0.2) is 53.4 Å². The zero-order valence-electron chi connectivity index (χ0n) is 15.8. The van der Waals surface area contributed by atoms with Crippen molar-refractivity contribution in [1.29, 1.82) is 0 Å². The Bertz CT molecular complexity index is 943. The van der Waals surface area contributed by atoms with Crippen LogP contribution in [0.5, 0.6) is 5.75 Å². The summed E-state index contributed by atoms with van der Waals surface area (Å²) in [5.41, 5.74) is 0.407. The second-order valence-corrected chi connectivity index (χ2v) is 8.89. The Hall–Kier alpha value is -2.25. The Morgan fingerprint density at radius 3 is 2.46 bits per heavy atom. The molecule has 150 valence electrons. The molecular formula is C20H23ClN2O4S. The van der Waals surface area contributed by atoms with E-state index in [1.54, 1.807) is 24.3 Å². The van der Waals surface area contributed by atoms with Crippen LogP contribution in [-0.2, 0) is 14.8 Å². The Kier molecular flexibility index (Phi) is 6.15. The predicted molar refractivity (Wildman–Crippen MR) is 109 cm³/mol. The average molecular weight is 423 g/mol. The molecule has 8 heteroatoms. The van der Waals surface area contributed by atoms with Gasteiger partial charge in [0.15, 0.2) is 6.10 Å². The first-order valence-corrected chi connectivity index (χ1v) is 11.0. The van der Waals surface area contributed by atoms with E-state index in [0.29, 0.717) is 16.5 Å². The molecule has 1 aliphatic rings. The number of hydrogen-bond donors (Lipinski definition) is 1. The van der Waals surface area contributed by atoms with Gasteiger partial charge in [-0.25, -0.2) is 8.42 Å². The van der Waals surface area contributed by atoms with Crippen LogP contribution < -0.4 is 14.4 Å². The molecule has 0 saturated heterocycles. The van der Waals surface area contributed by atoms with Gasteiger partial charge in [-0.3, -0.25) is 9.10 Å². The molecule has 1 N–H and O–H groups in total. The third-order valence-electron chi connectivity index (χ3n) is 4.76. The van der Waals surface area contributed by atoms with Gasteiger partial charge >= 0.3 is 0 Å². The van der Waals surface area contributed by atoms with Gasteiger partial charge in [-0.15, -0.1) is 0 Å². The van der Waals surface area contributed by atoms with Gasteiger partial charge < -0.3 is 10.1 Å². The van der Waals surface area contributed by atoms with Gasteiger partial charge in [-0.2, -0.15) is 0 Å². The number of anilines is 1. The highest BCUT2D eigenvalue weighted by Crippen LogP contribution is 2.37. The van der Waals surface area contributed by atoms with Crippen LogP contribution in [-0.4, -0.2) is 33.0 Å². The summed E-state index contributed by atoms with van der Waals surface area (Å²) in [6.07, 6.45) is 0.647. The highest BCUT2D eigenvalue weighted by atomic mass is 35.5. The number of ether oxygens (including phenoxy) is 1. The van der Waals surface area contributed by atoms with Crippen molar-refractivity contribution in [2.45, 2.75) is 43.7 Å². The number of para-hydroxylation sites is 2. The number of carbonyl (C=O) groups is 1. The van der Waals surface area contributed by atoms with Crippen LogP contribution in [0.2, 0.25) is 5.02 Å². The van der Waals surface area contributed by atoms with E-state index in [2.05, 4.69) is 5.32 Å². The normalized spacial score (nSPS) is 16.4. The SMILES string of the molecule is CCC(CC)NC(=O)C1CN(S(=O)(=O)c2ccc(Cl)cc2)c2ccccc2O1. The topological polar surface area (TPSA) is 75.7 Å². The Balaban J connectivity index is 1.95. The molecule has 0 aromatic heterocycles. The Morgan fingerprint density at radius 1 is 1.18 bits per heavy atom. The predicted octanol–water partition coefficient (Wildman–Crippen LogP) is 3.60. The fourth-order valence-corrected chi connectivity index (χ4v) is 4.69. The summed E-state index contributed by atoms with van der Waals surface area (Å²) in [5.74, 6) is 0.0375. The largest absolute Gasteiger partial charge is 0.476 e. The van der Waals surface area contributed by atoms with Crippen molar-refractivity contribution in [3.63, 3.8) is 0 Å². The lowest BCUT2D eigenvalue weighted by Crippen LogP contribution is -2.52. The minimum Gasteiger partial charge on any atom is -0.476 e. The standard InChI is InChI=1S/C20H23ClN2O4S/c1-3-15(4-2)22-20(24)19-13-23(17-7-5-6-8-18(17)27-19)28(25,26)16-11-9-14(21)10-12-16/h5-12,15,19H,3-4,13H2,1-2H3,(H,22,24). The maximum atomic E-state index is 13.3. The first kappa shape index (κ1) is 20.5. The molecule has 0 bridgehead atoms. The third-order valence-corrected chi connectivity index (χ3v) is 6.81. The lowest BCUT2D eigenvalue weighted by molar-refractivity contribution is -0.128. The van der Waals surface area contributed by atoms with E-state index in [1.807, 2.05) is 13.8 Å². The molecule has 1 amide bonds. The Labute approximate surface area is 170 Å². The van der Waals surface area contributed by atoms with Crippen LogP contribution in [0.1, 0.15) is 26.7 Å². The lowest BCUT2D eigenvalue weighted by Gasteiger charge is -2.35. The van der Waals surface area contributed by atoms with Gasteiger partial charge in [-0.05, 0) is 49.2 Å². The summed E-state index contributed by atoms with van der Waals surface area (Å²) >= 11 is 5.89. The van der Waals surface area contributed by atoms with Crippen LogP contribution in [0, 0.1) is 0 Å². The molecular weight excluding hydrogens is 400 g/mol. The van der Waals surface area contributed by atoms with E-state index in [0.717, 1.165) is 12.8 Å². The van der Waals surface area contributed by atoms with Crippen molar-refractivity contribution in [3.05, 3.63) is 53.6 Å². The fourth-order valence-electron chi connectivity index (χ4n) is 3.09. The van der Waals surface area contributed by atoms with E-state index in [-0.39, 0.29) is 23.4 Å². The van der Waals surface area contributed by atoms with Crippen LogP contribution in [0.4, 0.5) is 5.69 Å². The minimum atomic E-state index is -3.88. The fraction of sp³-hybridized carbons (Fsp3) is 0.350. The monoisotopic (exact) mass is 422 g/mol.